The minimum Gasteiger partial charge on any atom is -0.242 e. The normalized spacial score (nSPS) is 10.0. The summed E-state index contributed by atoms with van der Waals surface area (Å²) in [5.41, 5.74) is 0.367. The summed E-state index contributed by atoms with van der Waals surface area (Å²) in [6.07, 6.45) is 1.33. The molecule has 0 saturated carbocycles. The number of pyridine rings is 1. The van der Waals surface area contributed by atoms with Gasteiger partial charge < -0.3 is 0 Å². The summed E-state index contributed by atoms with van der Waals surface area (Å²) in [6.45, 7) is 0. The maximum Gasteiger partial charge on any atom is 0.168 e. The first kappa shape index (κ1) is 11.5. The van der Waals surface area contributed by atoms with Gasteiger partial charge in [0, 0.05) is 11.8 Å². The summed E-state index contributed by atoms with van der Waals surface area (Å²) < 4.78 is 27.0. The Bertz CT molecular complexity index is 620. The lowest BCUT2D eigenvalue weighted by molar-refractivity contribution is 0.620. The number of hydrogen-bond acceptors (Lipinski definition) is 2. The third kappa shape index (κ3) is 2.10. The van der Waals surface area contributed by atoms with Crippen LogP contribution in [0.2, 0.25) is 5.15 Å². The molecule has 1 aromatic carbocycles. The van der Waals surface area contributed by atoms with Gasteiger partial charge in [0.25, 0.3) is 0 Å². The van der Waals surface area contributed by atoms with Crippen LogP contribution in [0.5, 0.6) is 0 Å². The zero-order chi connectivity index (χ0) is 12.4. The topological polar surface area (TPSA) is 36.7 Å². The predicted octanol–water partition coefficient (Wildman–Crippen LogP) is 3.55. The summed E-state index contributed by atoms with van der Waals surface area (Å²) in [5.74, 6) is -1.41. The van der Waals surface area contributed by atoms with E-state index in [0.29, 0.717) is 5.56 Å². The smallest absolute Gasteiger partial charge is 0.168 e. The largest absolute Gasteiger partial charge is 0.242 e. The Kier molecular flexibility index (Phi) is 3.03. The molecule has 1 heterocycles. The van der Waals surface area contributed by atoms with Gasteiger partial charge in [0.05, 0.1) is 5.56 Å². The van der Waals surface area contributed by atoms with Gasteiger partial charge >= 0.3 is 0 Å². The summed E-state index contributed by atoms with van der Waals surface area (Å²) in [4.78, 5) is 3.57. The molecule has 0 radical (unpaired) electrons. The van der Waals surface area contributed by atoms with Crippen LogP contribution in [0.4, 0.5) is 8.78 Å². The average Bonchev–Trinajstić information content (AvgIpc) is 2.32. The number of nitrogens with zero attached hydrogens (tertiary/aromatic N) is 2. The van der Waals surface area contributed by atoms with E-state index in [9.17, 15) is 8.78 Å². The Balaban J connectivity index is 2.59. The van der Waals surface area contributed by atoms with Crippen molar-refractivity contribution in [2.75, 3.05) is 0 Å². The number of aromatic nitrogens is 1. The summed E-state index contributed by atoms with van der Waals surface area (Å²) in [6, 6.07) is 6.92. The van der Waals surface area contributed by atoms with Crippen molar-refractivity contribution in [1.82, 2.24) is 4.98 Å². The van der Waals surface area contributed by atoms with E-state index in [0.717, 1.165) is 6.07 Å². The molecule has 0 atom stereocenters. The van der Waals surface area contributed by atoms with Crippen molar-refractivity contribution >= 4 is 11.6 Å². The lowest BCUT2D eigenvalue weighted by Gasteiger charge is -2.04. The van der Waals surface area contributed by atoms with Crippen LogP contribution >= 0.6 is 11.6 Å². The van der Waals surface area contributed by atoms with Gasteiger partial charge in [-0.3, -0.25) is 0 Å². The minimum absolute atomic E-state index is 0.0886. The number of hydrogen-bond donors (Lipinski definition) is 0. The minimum atomic E-state index is -0.710. The van der Waals surface area contributed by atoms with Gasteiger partial charge in [-0.2, -0.15) is 5.26 Å². The van der Waals surface area contributed by atoms with Gasteiger partial charge in [0.1, 0.15) is 11.9 Å². The maximum absolute atomic E-state index is 13.6. The van der Waals surface area contributed by atoms with Gasteiger partial charge in [0.15, 0.2) is 11.0 Å². The van der Waals surface area contributed by atoms with E-state index in [1.807, 2.05) is 0 Å². The molecule has 0 fully saturated rings. The van der Waals surface area contributed by atoms with Crippen LogP contribution in [0.1, 0.15) is 5.56 Å². The van der Waals surface area contributed by atoms with E-state index in [1.165, 1.54) is 24.4 Å². The van der Waals surface area contributed by atoms with Gasteiger partial charge in [-0.05, 0) is 23.8 Å². The van der Waals surface area contributed by atoms with Crippen molar-refractivity contribution in [1.29, 1.82) is 5.26 Å². The van der Waals surface area contributed by atoms with Crippen LogP contribution in [0, 0.1) is 23.0 Å². The Morgan fingerprint density at radius 2 is 2.00 bits per heavy atom. The monoisotopic (exact) mass is 250 g/mol. The average molecular weight is 251 g/mol. The number of nitriles is 1. The third-order valence-electron chi connectivity index (χ3n) is 2.25. The molecule has 84 valence electrons. The highest BCUT2D eigenvalue weighted by atomic mass is 35.5. The second kappa shape index (κ2) is 4.48. The van der Waals surface area contributed by atoms with E-state index in [-0.39, 0.29) is 16.3 Å². The molecule has 0 aliphatic heterocycles. The molecule has 0 amide bonds. The number of rotatable bonds is 1. The molecule has 0 aliphatic carbocycles. The van der Waals surface area contributed by atoms with Crippen LogP contribution in [0.15, 0.2) is 30.5 Å². The summed E-state index contributed by atoms with van der Waals surface area (Å²) in [7, 11) is 0. The first-order valence-corrected chi connectivity index (χ1v) is 5.01. The molecule has 0 spiro atoms. The molecule has 0 unspecified atom stereocenters. The van der Waals surface area contributed by atoms with Crippen LogP contribution in [0.25, 0.3) is 11.1 Å². The van der Waals surface area contributed by atoms with Crippen LogP contribution < -0.4 is 0 Å². The SMILES string of the molecule is N#Cc1ccc(-c2ccnc(Cl)c2F)cc1F. The fourth-order valence-electron chi connectivity index (χ4n) is 1.41. The Morgan fingerprint density at radius 3 is 2.65 bits per heavy atom. The molecular formula is C12H5ClF2N2. The molecule has 1 aromatic heterocycles. The van der Waals surface area contributed by atoms with Crippen LogP contribution in [-0.4, -0.2) is 4.98 Å². The number of halogens is 3. The van der Waals surface area contributed by atoms with E-state index < -0.39 is 11.6 Å². The van der Waals surface area contributed by atoms with Gasteiger partial charge in [-0.15, -0.1) is 0 Å². The zero-order valence-electron chi connectivity index (χ0n) is 8.42. The quantitative estimate of drug-likeness (QED) is 0.726. The van der Waals surface area contributed by atoms with Gasteiger partial charge in [-0.1, -0.05) is 17.7 Å². The standard InChI is InChI=1S/C12H5ClF2N2/c13-12-11(15)9(3-4-17-12)7-1-2-8(6-16)10(14)5-7/h1-5H. The molecule has 2 rings (SSSR count). The van der Waals surface area contributed by atoms with E-state index in [2.05, 4.69) is 4.98 Å². The summed E-state index contributed by atoms with van der Waals surface area (Å²) >= 11 is 5.53. The lowest BCUT2D eigenvalue weighted by atomic mass is 10.0. The molecule has 0 N–H and O–H groups in total. The lowest BCUT2D eigenvalue weighted by Crippen LogP contribution is -1.90. The zero-order valence-corrected chi connectivity index (χ0v) is 9.17. The van der Waals surface area contributed by atoms with Crippen LogP contribution in [-0.2, 0) is 0 Å². The second-order valence-corrected chi connectivity index (χ2v) is 3.63. The fraction of sp³-hybridized carbons (Fsp3) is 0. The first-order valence-electron chi connectivity index (χ1n) is 4.63. The van der Waals surface area contributed by atoms with E-state index in [4.69, 9.17) is 16.9 Å². The fourth-order valence-corrected chi connectivity index (χ4v) is 1.57. The van der Waals surface area contributed by atoms with Crippen molar-refractivity contribution < 1.29 is 8.78 Å². The van der Waals surface area contributed by atoms with Crippen molar-refractivity contribution in [3.8, 4) is 17.2 Å². The highest BCUT2D eigenvalue weighted by Crippen LogP contribution is 2.27. The number of benzene rings is 1. The predicted molar refractivity (Wildman–Crippen MR) is 59.3 cm³/mol. The molecule has 0 saturated heterocycles. The molecule has 17 heavy (non-hydrogen) atoms. The molecule has 2 aromatic rings. The highest BCUT2D eigenvalue weighted by Gasteiger charge is 2.11. The van der Waals surface area contributed by atoms with E-state index >= 15 is 0 Å². The molecule has 0 bridgehead atoms. The second-order valence-electron chi connectivity index (χ2n) is 3.27. The van der Waals surface area contributed by atoms with Crippen molar-refractivity contribution in [2.45, 2.75) is 0 Å². The summed E-state index contributed by atoms with van der Waals surface area (Å²) in [5, 5.41) is 8.31. The molecule has 5 heteroatoms. The first-order chi connectivity index (χ1) is 8.13. The molecule has 0 aliphatic rings. The van der Waals surface area contributed by atoms with Gasteiger partial charge in [0.2, 0.25) is 0 Å². The molecular weight excluding hydrogens is 246 g/mol. The van der Waals surface area contributed by atoms with Crippen molar-refractivity contribution in [3.63, 3.8) is 0 Å². The van der Waals surface area contributed by atoms with Crippen LogP contribution in [0.3, 0.4) is 0 Å². The Hall–Kier alpha value is -1.99. The maximum atomic E-state index is 13.6. The Morgan fingerprint density at radius 1 is 1.24 bits per heavy atom. The molecule has 2 nitrogen and oxygen atoms in total. The Labute approximate surface area is 101 Å². The van der Waals surface area contributed by atoms with E-state index in [1.54, 1.807) is 6.07 Å². The van der Waals surface area contributed by atoms with Crippen molar-refractivity contribution in [3.05, 3.63) is 52.8 Å². The highest BCUT2D eigenvalue weighted by molar-refractivity contribution is 6.29. The van der Waals surface area contributed by atoms with Gasteiger partial charge in [-0.25, -0.2) is 13.8 Å². The van der Waals surface area contributed by atoms with Crippen molar-refractivity contribution in [2.24, 2.45) is 0 Å². The third-order valence-corrected chi connectivity index (χ3v) is 2.51.